The molecule has 0 saturated heterocycles. The molecule has 0 aliphatic rings. The van der Waals surface area contributed by atoms with E-state index in [0.29, 0.717) is 17.2 Å². The molecule has 0 bridgehead atoms. The van der Waals surface area contributed by atoms with E-state index in [1.807, 2.05) is 18.2 Å². The maximum absolute atomic E-state index is 13.7. The highest BCUT2D eigenvalue weighted by molar-refractivity contribution is 7.18. The number of aryl methyl sites for hydroxylation is 1. The SMILES string of the molecule is Cn1c(=O)[nH]c2ccc(-c3cnc(NC[C@@H](N)Cc4ccc(C(F)(F)F)c(F)c4)s3)cc21. The monoisotopic (exact) mass is 465 g/mol. The molecule has 0 fully saturated rings. The molecular weight excluding hydrogens is 446 g/mol. The van der Waals surface area contributed by atoms with Crippen molar-refractivity contribution in [3.05, 3.63) is 70.0 Å². The predicted octanol–water partition coefficient (Wildman–Crippen LogP) is 4.13. The number of halogens is 4. The molecule has 32 heavy (non-hydrogen) atoms. The van der Waals surface area contributed by atoms with E-state index in [1.54, 1.807) is 13.2 Å². The van der Waals surface area contributed by atoms with E-state index in [-0.39, 0.29) is 12.1 Å². The van der Waals surface area contributed by atoms with Crippen molar-refractivity contribution in [1.29, 1.82) is 0 Å². The number of hydrogen-bond donors (Lipinski definition) is 3. The van der Waals surface area contributed by atoms with Crippen LogP contribution >= 0.6 is 11.3 Å². The van der Waals surface area contributed by atoms with Crippen LogP contribution in [0.4, 0.5) is 22.7 Å². The minimum atomic E-state index is -4.73. The van der Waals surface area contributed by atoms with Gasteiger partial charge in [0.05, 0.1) is 21.5 Å². The minimum Gasteiger partial charge on any atom is -0.360 e. The molecule has 2 aromatic heterocycles. The van der Waals surface area contributed by atoms with Gasteiger partial charge >= 0.3 is 11.9 Å². The molecule has 168 valence electrons. The fraction of sp³-hybridized carbons (Fsp3) is 0.238. The van der Waals surface area contributed by atoms with Gasteiger partial charge < -0.3 is 16.0 Å². The lowest BCUT2D eigenvalue weighted by Crippen LogP contribution is -2.31. The largest absolute Gasteiger partial charge is 0.419 e. The molecular formula is C21H19F4N5OS. The highest BCUT2D eigenvalue weighted by Gasteiger charge is 2.33. The lowest BCUT2D eigenvalue weighted by Gasteiger charge is -2.14. The van der Waals surface area contributed by atoms with E-state index in [2.05, 4.69) is 15.3 Å². The molecule has 0 unspecified atom stereocenters. The number of aromatic amines is 1. The summed E-state index contributed by atoms with van der Waals surface area (Å²) in [6.45, 7) is 0.306. The van der Waals surface area contributed by atoms with Gasteiger partial charge in [-0.3, -0.25) is 4.57 Å². The van der Waals surface area contributed by atoms with Crippen LogP contribution in [0.1, 0.15) is 11.1 Å². The van der Waals surface area contributed by atoms with E-state index in [0.717, 1.165) is 33.6 Å². The summed E-state index contributed by atoms with van der Waals surface area (Å²) in [7, 11) is 1.69. The smallest absolute Gasteiger partial charge is 0.360 e. The van der Waals surface area contributed by atoms with Crippen molar-refractivity contribution in [2.75, 3.05) is 11.9 Å². The Morgan fingerprint density at radius 2 is 2.03 bits per heavy atom. The van der Waals surface area contributed by atoms with Crippen LogP contribution in [0.25, 0.3) is 21.5 Å². The third-order valence-electron chi connectivity index (χ3n) is 5.05. The standard InChI is InChI=1S/C21H19F4N5OS/c1-30-17-8-12(3-5-16(17)29-20(30)31)18-10-28-19(32-18)27-9-13(26)6-11-2-4-14(15(22)7-11)21(23,24)25/h2-5,7-8,10,13H,6,9,26H2,1H3,(H,27,28)(H,29,31)/t13-/m0/s1. The quantitative estimate of drug-likeness (QED) is 0.374. The van der Waals surface area contributed by atoms with Crippen molar-refractivity contribution in [3.8, 4) is 10.4 Å². The van der Waals surface area contributed by atoms with E-state index >= 15 is 0 Å². The zero-order valence-corrected chi connectivity index (χ0v) is 17.6. The Bertz CT molecular complexity index is 1320. The first-order chi connectivity index (χ1) is 15.1. The first-order valence-corrected chi connectivity index (χ1v) is 10.4. The number of thiazole rings is 1. The minimum absolute atomic E-state index is 0.189. The number of benzene rings is 2. The van der Waals surface area contributed by atoms with Crippen LogP contribution in [0.2, 0.25) is 0 Å². The summed E-state index contributed by atoms with van der Waals surface area (Å²) in [5.41, 5.74) is 7.39. The van der Waals surface area contributed by atoms with Gasteiger partial charge in [-0.15, -0.1) is 0 Å². The van der Waals surface area contributed by atoms with Crippen molar-refractivity contribution >= 4 is 27.5 Å². The van der Waals surface area contributed by atoms with Crippen molar-refractivity contribution in [1.82, 2.24) is 14.5 Å². The lowest BCUT2D eigenvalue weighted by atomic mass is 10.0. The van der Waals surface area contributed by atoms with E-state index < -0.39 is 23.6 Å². The Morgan fingerprint density at radius 3 is 2.75 bits per heavy atom. The Kier molecular flexibility index (Phi) is 5.78. The average molecular weight is 465 g/mol. The summed E-state index contributed by atoms with van der Waals surface area (Å²) in [6, 6.07) is 8.00. The molecule has 0 aliphatic carbocycles. The van der Waals surface area contributed by atoms with E-state index in [1.165, 1.54) is 22.0 Å². The van der Waals surface area contributed by atoms with Crippen molar-refractivity contribution in [2.24, 2.45) is 12.8 Å². The van der Waals surface area contributed by atoms with Crippen LogP contribution in [0.15, 0.2) is 47.4 Å². The molecule has 2 heterocycles. The van der Waals surface area contributed by atoms with Gasteiger partial charge in [-0.25, -0.2) is 14.2 Å². The topological polar surface area (TPSA) is 88.7 Å². The van der Waals surface area contributed by atoms with E-state index in [4.69, 9.17) is 5.73 Å². The molecule has 4 rings (SSSR count). The third kappa shape index (κ3) is 4.53. The molecule has 6 nitrogen and oxygen atoms in total. The summed E-state index contributed by atoms with van der Waals surface area (Å²) in [4.78, 5) is 19.7. The predicted molar refractivity (Wildman–Crippen MR) is 116 cm³/mol. The molecule has 0 saturated carbocycles. The van der Waals surface area contributed by atoms with Gasteiger partial charge in [0.2, 0.25) is 0 Å². The van der Waals surface area contributed by atoms with Crippen molar-refractivity contribution in [3.63, 3.8) is 0 Å². The second-order valence-electron chi connectivity index (χ2n) is 7.41. The molecule has 4 N–H and O–H groups in total. The number of H-pyrrole nitrogens is 1. The van der Waals surface area contributed by atoms with Crippen LogP contribution in [-0.4, -0.2) is 27.1 Å². The summed E-state index contributed by atoms with van der Waals surface area (Å²) in [5, 5.41) is 3.73. The Morgan fingerprint density at radius 1 is 1.25 bits per heavy atom. The van der Waals surface area contributed by atoms with Gasteiger partial charge in [0.1, 0.15) is 5.82 Å². The Balaban J connectivity index is 1.39. The highest BCUT2D eigenvalue weighted by Crippen LogP contribution is 2.32. The zero-order chi connectivity index (χ0) is 23.0. The lowest BCUT2D eigenvalue weighted by molar-refractivity contribution is -0.140. The number of nitrogens with one attached hydrogen (secondary N) is 2. The third-order valence-corrected chi connectivity index (χ3v) is 6.05. The number of aromatic nitrogens is 3. The number of anilines is 1. The van der Waals surface area contributed by atoms with Crippen LogP contribution in [-0.2, 0) is 19.6 Å². The average Bonchev–Trinajstić information content (AvgIpc) is 3.30. The molecule has 11 heteroatoms. The fourth-order valence-electron chi connectivity index (χ4n) is 3.37. The Hall–Kier alpha value is -3.18. The highest BCUT2D eigenvalue weighted by atomic mass is 32.1. The molecule has 0 amide bonds. The number of imidazole rings is 1. The normalized spacial score (nSPS) is 12.9. The summed E-state index contributed by atoms with van der Waals surface area (Å²) in [6.07, 6.45) is -2.82. The molecule has 1 atom stereocenters. The van der Waals surface area contributed by atoms with Crippen LogP contribution < -0.4 is 16.7 Å². The van der Waals surface area contributed by atoms with Crippen LogP contribution in [0.3, 0.4) is 0 Å². The van der Waals surface area contributed by atoms with Gasteiger partial charge in [-0.05, 0) is 41.8 Å². The van der Waals surface area contributed by atoms with Gasteiger partial charge in [-0.1, -0.05) is 23.5 Å². The number of nitrogens with zero attached hydrogens (tertiary/aromatic N) is 2. The summed E-state index contributed by atoms with van der Waals surface area (Å²) >= 11 is 1.40. The van der Waals surface area contributed by atoms with E-state index in [9.17, 15) is 22.4 Å². The first kappa shape index (κ1) is 22.0. The van der Waals surface area contributed by atoms with Gasteiger partial charge in [0.15, 0.2) is 5.13 Å². The first-order valence-electron chi connectivity index (χ1n) is 9.62. The Labute approximate surface area is 183 Å². The van der Waals surface area contributed by atoms with Gasteiger partial charge in [0, 0.05) is 25.8 Å². The van der Waals surface area contributed by atoms with Crippen molar-refractivity contribution in [2.45, 2.75) is 18.6 Å². The number of nitrogens with two attached hydrogens (primary N) is 1. The molecule has 0 radical (unpaired) electrons. The second-order valence-corrected chi connectivity index (χ2v) is 8.44. The van der Waals surface area contributed by atoms with Crippen LogP contribution in [0, 0.1) is 5.82 Å². The van der Waals surface area contributed by atoms with Gasteiger partial charge in [-0.2, -0.15) is 13.2 Å². The molecule has 4 aromatic rings. The maximum atomic E-state index is 13.7. The summed E-state index contributed by atoms with van der Waals surface area (Å²) in [5.74, 6) is -1.31. The van der Waals surface area contributed by atoms with Crippen molar-refractivity contribution < 1.29 is 17.6 Å². The molecule has 2 aromatic carbocycles. The number of hydrogen-bond acceptors (Lipinski definition) is 5. The summed E-state index contributed by atoms with van der Waals surface area (Å²) < 4.78 is 53.3. The van der Waals surface area contributed by atoms with Crippen LogP contribution in [0.5, 0.6) is 0 Å². The fourth-order valence-corrected chi connectivity index (χ4v) is 4.19. The van der Waals surface area contributed by atoms with Gasteiger partial charge in [0.25, 0.3) is 0 Å². The number of alkyl halides is 3. The maximum Gasteiger partial charge on any atom is 0.419 e. The number of fused-ring (bicyclic) bond motifs is 1. The molecule has 0 spiro atoms. The zero-order valence-electron chi connectivity index (χ0n) is 16.8. The molecule has 0 aliphatic heterocycles. The number of rotatable bonds is 6. The second kappa shape index (κ2) is 8.40.